The van der Waals surface area contributed by atoms with Crippen molar-refractivity contribution in [3.8, 4) is 0 Å². The van der Waals surface area contributed by atoms with Crippen LogP contribution in [0.4, 0.5) is 5.88 Å². The molecule has 0 aliphatic carbocycles. The normalized spacial score (nSPS) is 10.5. The standard InChI is InChI=1S/C14H20N2O5/c1-5-20-14(19)10-8(4)21-13(11(10)12(15)18)16-9(17)6-7(2)3/h7H,5-6H2,1-4H3,(H2,15,18)(H,16,17). The van der Waals surface area contributed by atoms with E-state index in [1.54, 1.807) is 6.92 Å². The lowest BCUT2D eigenvalue weighted by Crippen LogP contribution is -2.20. The van der Waals surface area contributed by atoms with Crippen LogP contribution in [0.3, 0.4) is 0 Å². The number of aryl methyl sites for hydroxylation is 1. The highest BCUT2D eigenvalue weighted by Crippen LogP contribution is 2.27. The lowest BCUT2D eigenvalue weighted by atomic mass is 10.1. The van der Waals surface area contributed by atoms with Crippen LogP contribution in [0, 0.1) is 12.8 Å². The van der Waals surface area contributed by atoms with Crippen LogP contribution in [0.25, 0.3) is 0 Å². The van der Waals surface area contributed by atoms with E-state index in [1.807, 2.05) is 13.8 Å². The van der Waals surface area contributed by atoms with E-state index in [2.05, 4.69) is 5.32 Å². The summed E-state index contributed by atoms with van der Waals surface area (Å²) in [7, 11) is 0. The van der Waals surface area contributed by atoms with Gasteiger partial charge in [-0.2, -0.15) is 0 Å². The maximum Gasteiger partial charge on any atom is 0.342 e. The summed E-state index contributed by atoms with van der Waals surface area (Å²) in [6.45, 7) is 7.05. The number of nitrogens with two attached hydrogens (primary N) is 1. The third-order valence-electron chi connectivity index (χ3n) is 2.66. The number of carbonyl (C=O) groups excluding carboxylic acids is 3. The van der Waals surface area contributed by atoms with Gasteiger partial charge in [-0.25, -0.2) is 4.79 Å². The first-order valence-corrected chi connectivity index (χ1v) is 6.68. The minimum Gasteiger partial charge on any atom is -0.462 e. The SMILES string of the molecule is CCOC(=O)c1c(C)oc(NC(=O)CC(C)C)c1C(N)=O. The molecule has 7 nitrogen and oxygen atoms in total. The topological polar surface area (TPSA) is 112 Å². The second-order valence-corrected chi connectivity index (χ2v) is 4.97. The van der Waals surface area contributed by atoms with Crippen LogP contribution in [-0.2, 0) is 9.53 Å². The fraction of sp³-hybridized carbons (Fsp3) is 0.500. The number of carbonyl (C=O) groups is 3. The highest BCUT2D eigenvalue weighted by Gasteiger charge is 2.29. The van der Waals surface area contributed by atoms with E-state index in [0.29, 0.717) is 0 Å². The van der Waals surface area contributed by atoms with Crippen molar-refractivity contribution >= 4 is 23.7 Å². The maximum absolute atomic E-state index is 11.9. The van der Waals surface area contributed by atoms with Gasteiger partial charge in [0.25, 0.3) is 5.91 Å². The molecule has 0 unspecified atom stereocenters. The second kappa shape index (κ2) is 6.92. The predicted molar refractivity (Wildman–Crippen MR) is 76.0 cm³/mol. The van der Waals surface area contributed by atoms with E-state index in [9.17, 15) is 14.4 Å². The van der Waals surface area contributed by atoms with Crippen LogP contribution in [0.5, 0.6) is 0 Å². The van der Waals surface area contributed by atoms with Crippen molar-refractivity contribution in [3.63, 3.8) is 0 Å². The summed E-state index contributed by atoms with van der Waals surface area (Å²) in [5.74, 6) is -1.71. The number of hydrogen-bond acceptors (Lipinski definition) is 5. The molecule has 0 radical (unpaired) electrons. The molecule has 0 aliphatic heterocycles. The molecular formula is C14H20N2O5. The Morgan fingerprint density at radius 3 is 2.38 bits per heavy atom. The van der Waals surface area contributed by atoms with Crippen LogP contribution < -0.4 is 11.1 Å². The van der Waals surface area contributed by atoms with Crippen LogP contribution >= 0.6 is 0 Å². The van der Waals surface area contributed by atoms with Gasteiger partial charge in [0.05, 0.1) is 6.61 Å². The number of rotatable bonds is 6. The quantitative estimate of drug-likeness (QED) is 0.778. The van der Waals surface area contributed by atoms with Gasteiger partial charge in [-0.15, -0.1) is 0 Å². The molecule has 1 heterocycles. The molecule has 7 heteroatoms. The molecule has 0 aromatic carbocycles. The zero-order chi connectivity index (χ0) is 16.2. The zero-order valence-electron chi connectivity index (χ0n) is 12.6. The molecule has 0 saturated heterocycles. The molecule has 0 spiro atoms. The molecule has 0 fully saturated rings. The Morgan fingerprint density at radius 1 is 1.29 bits per heavy atom. The van der Waals surface area contributed by atoms with Crippen molar-refractivity contribution in [1.29, 1.82) is 0 Å². The highest BCUT2D eigenvalue weighted by molar-refractivity contribution is 6.10. The first kappa shape index (κ1) is 16.7. The summed E-state index contributed by atoms with van der Waals surface area (Å²) in [5, 5.41) is 2.47. The summed E-state index contributed by atoms with van der Waals surface area (Å²) in [6, 6.07) is 0. The molecule has 1 aromatic rings. The zero-order valence-corrected chi connectivity index (χ0v) is 12.6. The molecule has 1 aromatic heterocycles. The lowest BCUT2D eigenvalue weighted by Gasteiger charge is -2.06. The summed E-state index contributed by atoms with van der Waals surface area (Å²) in [5.41, 5.74) is 5.07. The van der Waals surface area contributed by atoms with E-state index in [1.165, 1.54) is 6.92 Å². The Kier molecular flexibility index (Phi) is 5.52. The molecule has 0 aliphatic rings. The minimum atomic E-state index is -0.866. The molecule has 0 bridgehead atoms. The van der Waals surface area contributed by atoms with E-state index in [-0.39, 0.29) is 47.6 Å². The highest BCUT2D eigenvalue weighted by atomic mass is 16.5. The fourth-order valence-electron chi connectivity index (χ4n) is 1.87. The summed E-state index contributed by atoms with van der Waals surface area (Å²) in [6.07, 6.45) is 0.257. The first-order chi connectivity index (χ1) is 9.77. The maximum atomic E-state index is 11.9. The number of hydrogen-bond donors (Lipinski definition) is 2. The van der Waals surface area contributed by atoms with Gasteiger partial charge in [0.15, 0.2) is 0 Å². The van der Waals surface area contributed by atoms with Crippen molar-refractivity contribution < 1.29 is 23.5 Å². The lowest BCUT2D eigenvalue weighted by molar-refractivity contribution is -0.116. The molecule has 2 amide bonds. The van der Waals surface area contributed by atoms with Crippen LogP contribution in [-0.4, -0.2) is 24.4 Å². The van der Waals surface area contributed by atoms with Crippen LogP contribution in [0.1, 0.15) is 53.7 Å². The van der Waals surface area contributed by atoms with Gasteiger partial charge in [0, 0.05) is 6.42 Å². The van der Waals surface area contributed by atoms with Crippen molar-refractivity contribution in [1.82, 2.24) is 0 Å². The van der Waals surface area contributed by atoms with Crippen molar-refractivity contribution in [3.05, 3.63) is 16.9 Å². The number of ether oxygens (including phenoxy) is 1. The summed E-state index contributed by atoms with van der Waals surface area (Å²) in [4.78, 5) is 35.2. The van der Waals surface area contributed by atoms with Crippen molar-refractivity contribution in [2.24, 2.45) is 11.7 Å². The van der Waals surface area contributed by atoms with E-state index >= 15 is 0 Å². The molecular weight excluding hydrogens is 276 g/mol. The average Bonchev–Trinajstić information content (AvgIpc) is 2.64. The fourth-order valence-corrected chi connectivity index (χ4v) is 1.87. The van der Waals surface area contributed by atoms with Gasteiger partial charge in [0.1, 0.15) is 16.9 Å². The Balaban J connectivity index is 3.16. The summed E-state index contributed by atoms with van der Waals surface area (Å²) >= 11 is 0. The molecule has 116 valence electrons. The number of nitrogens with one attached hydrogen (secondary N) is 1. The number of anilines is 1. The smallest absolute Gasteiger partial charge is 0.342 e. The summed E-state index contributed by atoms with van der Waals surface area (Å²) < 4.78 is 10.2. The van der Waals surface area contributed by atoms with Gasteiger partial charge in [0.2, 0.25) is 11.8 Å². The Morgan fingerprint density at radius 2 is 1.90 bits per heavy atom. The van der Waals surface area contributed by atoms with Crippen LogP contribution in [0.15, 0.2) is 4.42 Å². The van der Waals surface area contributed by atoms with Gasteiger partial charge in [-0.05, 0) is 19.8 Å². The second-order valence-electron chi connectivity index (χ2n) is 4.97. The van der Waals surface area contributed by atoms with Crippen molar-refractivity contribution in [2.45, 2.75) is 34.1 Å². The van der Waals surface area contributed by atoms with Gasteiger partial charge in [-0.1, -0.05) is 13.8 Å². The third-order valence-corrected chi connectivity index (χ3v) is 2.66. The van der Waals surface area contributed by atoms with Gasteiger partial charge < -0.3 is 14.9 Å². The van der Waals surface area contributed by atoms with E-state index < -0.39 is 11.9 Å². The number of amides is 2. The molecule has 3 N–H and O–H groups in total. The third kappa shape index (κ3) is 4.08. The number of furan rings is 1. The average molecular weight is 296 g/mol. The van der Waals surface area contributed by atoms with E-state index in [4.69, 9.17) is 14.9 Å². The Hall–Kier alpha value is -2.31. The number of primary amides is 1. The Labute approximate surface area is 122 Å². The van der Waals surface area contributed by atoms with Gasteiger partial charge in [-0.3, -0.25) is 14.9 Å². The predicted octanol–water partition coefficient (Wildman–Crippen LogP) is 1.85. The Bertz CT molecular complexity index is 560. The molecule has 1 rings (SSSR count). The molecule has 0 saturated carbocycles. The minimum absolute atomic E-state index is 0.0517. The van der Waals surface area contributed by atoms with Gasteiger partial charge >= 0.3 is 5.97 Å². The van der Waals surface area contributed by atoms with E-state index in [0.717, 1.165) is 0 Å². The molecule has 21 heavy (non-hydrogen) atoms. The largest absolute Gasteiger partial charge is 0.462 e. The first-order valence-electron chi connectivity index (χ1n) is 6.68. The monoisotopic (exact) mass is 296 g/mol. The van der Waals surface area contributed by atoms with Crippen LogP contribution in [0.2, 0.25) is 0 Å². The molecule has 0 atom stereocenters. The number of esters is 1. The van der Waals surface area contributed by atoms with Crippen molar-refractivity contribution in [2.75, 3.05) is 11.9 Å².